The molecule has 0 spiro atoms. The number of aliphatic carboxylic acids is 2. The Morgan fingerprint density at radius 3 is 1.89 bits per heavy atom. The summed E-state index contributed by atoms with van der Waals surface area (Å²) in [7, 11) is 4.20. The fourth-order valence-corrected chi connectivity index (χ4v) is 1.14. The molecule has 2 N–H and O–H groups in total. The summed E-state index contributed by atoms with van der Waals surface area (Å²) in [4.78, 5) is 21.3. The first-order valence-electron chi connectivity index (χ1n) is 5.74. The summed E-state index contributed by atoms with van der Waals surface area (Å²) >= 11 is 0. The first kappa shape index (κ1) is 16.9. The number of benzene rings is 1. The van der Waals surface area contributed by atoms with Gasteiger partial charge < -0.3 is 15.1 Å². The lowest BCUT2D eigenvalue weighted by Gasteiger charge is -2.08. The van der Waals surface area contributed by atoms with Crippen LogP contribution in [0.3, 0.4) is 0 Å². The number of hydrogen-bond donors (Lipinski definition) is 2. The van der Waals surface area contributed by atoms with E-state index in [1.165, 1.54) is 5.56 Å². The smallest absolute Gasteiger partial charge is 0.328 e. The molecule has 0 saturated heterocycles. The first-order chi connectivity index (χ1) is 8.91. The average molecular weight is 265 g/mol. The maximum absolute atomic E-state index is 9.55. The van der Waals surface area contributed by atoms with Crippen LogP contribution in [0.2, 0.25) is 0 Å². The number of likely N-dealkylation sites (N-methyl/N-ethyl adjacent to an activating group) is 1. The number of carboxylic acid groups (broad SMARTS) is 2. The van der Waals surface area contributed by atoms with Crippen molar-refractivity contribution in [3.63, 3.8) is 0 Å². The van der Waals surface area contributed by atoms with Gasteiger partial charge in [-0.1, -0.05) is 30.3 Å². The predicted molar refractivity (Wildman–Crippen MR) is 73.1 cm³/mol. The third kappa shape index (κ3) is 12.1. The quantitative estimate of drug-likeness (QED) is 0.789. The largest absolute Gasteiger partial charge is 0.478 e. The van der Waals surface area contributed by atoms with Crippen LogP contribution in [-0.4, -0.2) is 47.7 Å². The molecule has 104 valence electrons. The third-order valence-electron chi connectivity index (χ3n) is 2.06. The van der Waals surface area contributed by atoms with E-state index in [0.717, 1.165) is 13.0 Å². The van der Waals surface area contributed by atoms with Crippen molar-refractivity contribution in [2.24, 2.45) is 0 Å². The van der Waals surface area contributed by atoms with Crippen molar-refractivity contribution in [3.8, 4) is 0 Å². The maximum Gasteiger partial charge on any atom is 0.328 e. The molecule has 1 aromatic carbocycles. The monoisotopic (exact) mass is 265 g/mol. The van der Waals surface area contributed by atoms with Gasteiger partial charge in [-0.05, 0) is 26.1 Å². The molecule has 0 heterocycles. The van der Waals surface area contributed by atoms with Gasteiger partial charge in [0.05, 0.1) is 0 Å². The van der Waals surface area contributed by atoms with Crippen LogP contribution in [-0.2, 0) is 16.0 Å². The Bertz CT molecular complexity index is 397. The minimum absolute atomic E-state index is 0.558. The molecule has 0 aliphatic rings. The van der Waals surface area contributed by atoms with Crippen LogP contribution in [0.4, 0.5) is 0 Å². The van der Waals surface area contributed by atoms with E-state index in [9.17, 15) is 9.59 Å². The summed E-state index contributed by atoms with van der Waals surface area (Å²) in [5.41, 5.74) is 1.42. The SMILES string of the molecule is CN(C)CCc1ccccc1.O=C(O)/C=C/C(=O)O. The number of nitrogens with zero attached hydrogens (tertiary/aromatic N) is 1. The lowest BCUT2D eigenvalue weighted by atomic mass is 10.1. The van der Waals surface area contributed by atoms with Crippen LogP contribution in [0, 0.1) is 0 Å². The average Bonchev–Trinajstić information content (AvgIpc) is 2.36. The molecule has 1 rings (SSSR count). The van der Waals surface area contributed by atoms with E-state index >= 15 is 0 Å². The van der Waals surface area contributed by atoms with Gasteiger partial charge in [-0.25, -0.2) is 9.59 Å². The van der Waals surface area contributed by atoms with Crippen LogP contribution in [0.15, 0.2) is 42.5 Å². The minimum Gasteiger partial charge on any atom is -0.478 e. The first-order valence-corrected chi connectivity index (χ1v) is 5.74. The Kier molecular flexibility index (Phi) is 8.74. The van der Waals surface area contributed by atoms with Crippen molar-refractivity contribution in [1.29, 1.82) is 0 Å². The maximum atomic E-state index is 9.55. The van der Waals surface area contributed by atoms with Crippen LogP contribution in [0.25, 0.3) is 0 Å². The highest BCUT2D eigenvalue weighted by Gasteiger charge is 1.91. The van der Waals surface area contributed by atoms with E-state index < -0.39 is 11.9 Å². The van der Waals surface area contributed by atoms with E-state index in [2.05, 4.69) is 49.3 Å². The zero-order valence-corrected chi connectivity index (χ0v) is 11.1. The molecule has 0 bridgehead atoms. The van der Waals surface area contributed by atoms with Gasteiger partial charge in [0.2, 0.25) is 0 Å². The Morgan fingerprint density at radius 2 is 1.53 bits per heavy atom. The minimum atomic E-state index is -1.26. The number of rotatable bonds is 5. The molecular weight excluding hydrogens is 246 g/mol. The third-order valence-corrected chi connectivity index (χ3v) is 2.06. The second kappa shape index (κ2) is 9.85. The van der Waals surface area contributed by atoms with E-state index in [-0.39, 0.29) is 0 Å². The van der Waals surface area contributed by atoms with Gasteiger partial charge in [0, 0.05) is 18.7 Å². The molecule has 0 saturated carbocycles. The lowest BCUT2D eigenvalue weighted by Crippen LogP contribution is -2.14. The summed E-state index contributed by atoms with van der Waals surface area (Å²) in [5, 5.41) is 15.6. The lowest BCUT2D eigenvalue weighted by molar-refractivity contribution is -0.134. The molecule has 0 atom stereocenters. The Balaban J connectivity index is 0.000000362. The topological polar surface area (TPSA) is 77.8 Å². The molecule has 0 fully saturated rings. The summed E-state index contributed by atoms with van der Waals surface area (Å²) in [6.45, 7) is 1.13. The number of carboxylic acids is 2. The Hall–Kier alpha value is -2.14. The zero-order valence-electron chi connectivity index (χ0n) is 11.1. The van der Waals surface area contributed by atoms with Crippen LogP contribution in [0.1, 0.15) is 5.56 Å². The molecule has 19 heavy (non-hydrogen) atoms. The fraction of sp³-hybridized carbons (Fsp3) is 0.286. The van der Waals surface area contributed by atoms with Gasteiger partial charge in [0.15, 0.2) is 0 Å². The molecule has 0 amide bonds. The Labute approximate surface area is 112 Å². The molecule has 1 aromatic rings. The van der Waals surface area contributed by atoms with Crippen molar-refractivity contribution < 1.29 is 19.8 Å². The predicted octanol–water partition coefficient (Wildman–Crippen LogP) is 1.50. The normalized spacial score (nSPS) is 10.1. The Morgan fingerprint density at radius 1 is 1.05 bits per heavy atom. The van der Waals surface area contributed by atoms with Gasteiger partial charge in [-0.3, -0.25) is 0 Å². The molecule has 0 radical (unpaired) electrons. The van der Waals surface area contributed by atoms with Gasteiger partial charge in [-0.2, -0.15) is 0 Å². The molecule has 0 aromatic heterocycles. The fourth-order valence-electron chi connectivity index (χ4n) is 1.14. The molecular formula is C14H19NO4. The van der Waals surface area contributed by atoms with E-state index in [1.807, 2.05) is 0 Å². The summed E-state index contributed by atoms with van der Waals surface area (Å²) in [6.07, 6.45) is 2.26. The molecule has 0 aliphatic heterocycles. The van der Waals surface area contributed by atoms with Crippen molar-refractivity contribution in [3.05, 3.63) is 48.0 Å². The second-order valence-corrected chi connectivity index (χ2v) is 4.05. The van der Waals surface area contributed by atoms with Crippen LogP contribution < -0.4 is 0 Å². The highest BCUT2D eigenvalue weighted by Crippen LogP contribution is 1.99. The zero-order chi connectivity index (χ0) is 14.7. The van der Waals surface area contributed by atoms with Crippen LogP contribution in [0.5, 0.6) is 0 Å². The highest BCUT2D eigenvalue weighted by atomic mass is 16.4. The standard InChI is InChI=1S/C10H15N.C4H4O4/c1-11(2)9-8-10-6-4-3-5-7-10;5-3(6)1-2-4(7)8/h3-7H,8-9H2,1-2H3;1-2H,(H,5,6)(H,7,8)/b;2-1+. The molecule has 0 aliphatic carbocycles. The van der Waals surface area contributed by atoms with Crippen molar-refractivity contribution in [2.75, 3.05) is 20.6 Å². The number of carbonyl (C=O) groups is 2. The van der Waals surface area contributed by atoms with E-state index in [1.54, 1.807) is 0 Å². The summed E-state index contributed by atoms with van der Waals surface area (Å²) in [6, 6.07) is 10.6. The van der Waals surface area contributed by atoms with Crippen LogP contribution >= 0.6 is 0 Å². The van der Waals surface area contributed by atoms with E-state index in [0.29, 0.717) is 12.2 Å². The van der Waals surface area contributed by atoms with Crippen molar-refractivity contribution >= 4 is 11.9 Å². The van der Waals surface area contributed by atoms with Gasteiger partial charge in [0.25, 0.3) is 0 Å². The molecule has 5 nitrogen and oxygen atoms in total. The second-order valence-electron chi connectivity index (χ2n) is 4.05. The van der Waals surface area contributed by atoms with Gasteiger partial charge in [-0.15, -0.1) is 0 Å². The van der Waals surface area contributed by atoms with Crippen molar-refractivity contribution in [1.82, 2.24) is 4.90 Å². The van der Waals surface area contributed by atoms with E-state index in [4.69, 9.17) is 10.2 Å². The summed E-state index contributed by atoms with van der Waals surface area (Å²) in [5.74, 6) is -2.51. The van der Waals surface area contributed by atoms with Gasteiger partial charge in [0.1, 0.15) is 0 Å². The number of hydrogen-bond acceptors (Lipinski definition) is 3. The van der Waals surface area contributed by atoms with Crippen molar-refractivity contribution in [2.45, 2.75) is 6.42 Å². The highest BCUT2D eigenvalue weighted by molar-refractivity contribution is 5.89. The molecule has 5 heteroatoms. The molecule has 0 unspecified atom stereocenters. The summed E-state index contributed by atoms with van der Waals surface area (Å²) < 4.78 is 0. The van der Waals surface area contributed by atoms with Gasteiger partial charge >= 0.3 is 11.9 Å².